The van der Waals surface area contributed by atoms with Crippen LogP contribution in [0, 0.1) is 5.92 Å². The number of rotatable bonds is 7. The molecule has 1 N–H and O–H groups in total. The molecule has 3 saturated heterocycles. The minimum absolute atomic E-state index is 0.0450. The Kier molecular flexibility index (Phi) is 7.50. The SMILES string of the molecule is O=C(CN1CCC(C(=O)N2CCCCC2)CC1)NCCCN1CCCC1=O. The fourth-order valence-electron chi connectivity index (χ4n) is 4.41. The van der Waals surface area contributed by atoms with Crippen molar-refractivity contribution in [3.8, 4) is 0 Å². The molecule has 3 aliphatic heterocycles. The molecule has 0 atom stereocenters. The number of carbonyl (C=O) groups is 3. The van der Waals surface area contributed by atoms with Gasteiger partial charge in [0.25, 0.3) is 0 Å². The first-order chi connectivity index (χ1) is 13.1. The van der Waals surface area contributed by atoms with Crippen LogP contribution in [0.15, 0.2) is 0 Å². The van der Waals surface area contributed by atoms with Gasteiger partial charge < -0.3 is 15.1 Å². The molecule has 3 aliphatic rings. The van der Waals surface area contributed by atoms with Crippen molar-refractivity contribution in [3.63, 3.8) is 0 Å². The largest absolute Gasteiger partial charge is 0.355 e. The van der Waals surface area contributed by atoms with Crippen molar-refractivity contribution in [3.05, 3.63) is 0 Å². The van der Waals surface area contributed by atoms with E-state index in [1.54, 1.807) is 0 Å². The first-order valence-corrected chi connectivity index (χ1v) is 10.7. The summed E-state index contributed by atoms with van der Waals surface area (Å²) in [6.07, 6.45) is 7.67. The number of likely N-dealkylation sites (tertiary alicyclic amines) is 3. The zero-order valence-corrected chi connectivity index (χ0v) is 16.5. The Morgan fingerprint density at radius 2 is 1.70 bits per heavy atom. The molecule has 3 heterocycles. The van der Waals surface area contributed by atoms with E-state index in [9.17, 15) is 14.4 Å². The third-order valence-corrected chi connectivity index (χ3v) is 6.07. The van der Waals surface area contributed by atoms with Crippen LogP contribution < -0.4 is 5.32 Å². The molecule has 0 radical (unpaired) electrons. The van der Waals surface area contributed by atoms with Crippen molar-refractivity contribution in [2.24, 2.45) is 5.92 Å². The Morgan fingerprint density at radius 1 is 0.963 bits per heavy atom. The van der Waals surface area contributed by atoms with Crippen LogP contribution in [0.5, 0.6) is 0 Å². The summed E-state index contributed by atoms with van der Waals surface area (Å²) in [6.45, 7) is 6.11. The van der Waals surface area contributed by atoms with E-state index in [0.29, 0.717) is 25.4 Å². The van der Waals surface area contributed by atoms with Crippen LogP contribution in [-0.4, -0.2) is 84.8 Å². The van der Waals surface area contributed by atoms with E-state index in [0.717, 1.165) is 77.8 Å². The summed E-state index contributed by atoms with van der Waals surface area (Å²) in [6, 6.07) is 0. The Balaban J connectivity index is 1.27. The number of nitrogens with one attached hydrogen (secondary N) is 1. The third kappa shape index (κ3) is 5.92. The number of nitrogens with zero attached hydrogens (tertiary/aromatic N) is 3. The van der Waals surface area contributed by atoms with E-state index >= 15 is 0 Å². The van der Waals surface area contributed by atoms with Gasteiger partial charge in [-0.2, -0.15) is 0 Å². The molecule has 7 nitrogen and oxygen atoms in total. The van der Waals surface area contributed by atoms with Crippen LogP contribution in [0.2, 0.25) is 0 Å². The summed E-state index contributed by atoms with van der Waals surface area (Å²) in [4.78, 5) is 42.3. The number of piperidine rings is 2. The number of hydrogen-bond acceptors (Lipinski definition) is 4. The molecule has 0 spiro atoms. The molecule has 0 bridgehead atoms. The van der Waals surface area contributed by atoms with Gasteiger partial charge >= 0.3 is 0 Å². The monoisotopic (exact) mass is 378 g/mol. The second-order valence-electron chi connectivity index (χ2n) is 8.12. The first-order valence-electron chi connectivity index (χ1n) is 10.7. The highest BCUT2D eigenvalue weighted by Crippen LogP contribution is 2.21. The van der Waals surface area contributed by atoms with Crippen LogP contribution >= 0.6 is 0 Å². The Labute approximate surface area is 162 Å². The summed E-state index contributed by atoms with van der Waals surface area (Å²) < 4.78 is 0. The molecule has 0 aromatic carbocycles. The zero-order valence-electron chi connectivity index (χ0n) is 16.5. The summed E-state index contributed by atoms with van der Waals surface area (Å²) in [7, 11) is 0. The maximum absolute atomic E-state index is 12.6. The third-order valence-electron chi connectivity index (χ3n) is 6.07. The highest BCUT2D eigenvalue weighted by atomic mass is 16.2. The lowest BCUT2D eigenvalue weighted by Crippen LogP contribution is -2.46. The van der Waals surface area contributed by atoms with Crippen molar-refractivity contribution >= 4 is 17.7 Å². The fraction of sp³-hybridized carbons (Fsp3) is 0.850. The lowest BCUT2D eigenvalue weighted by Gasteiger charge is -2.35. The highest BCUT2D eigenvalue weighted by Gasteiger charge is 2.29. The van der Waals surface area contributed by atoms with E-state index < -0.39 is 0 Å². The van der Waals surface area contributed by atoms with Gasteiger partial charge in [0.05, 0.1) is 6.54 Å². The fourth-order valence-corrected chi connectivity index (χ4v) is 4.41. The normalized spacial score (nSPS) is 22.3. The lowest BCUT2D eigenvalue weighted by molar-refractivity contribution is -0.138. The molecule has 0 aliphatic carbocycles. The smallest absolute Gasteiger partial charge is 0.234 e. The topological polar surface area (TPSA) is 73.0 Å². The molecule has 3 amide bonds. The number of carbonyl (C=O) groups excluding carboxylic acids is 3. The zero-order chi connectivity index (χ0) is 19.1. The lowest BCUT2D eigenvalue weighted by atomic mass is 9.94. The molecule has 0 aromatic heterocycles. The molecule has 0 saturated carbocycles. The summed E-state index contributed by atoms with van der Waals surface area (Å²) in [5, 5.41) is 2.96. The molecule has 7 heteroatoms. The van der Waals surface area contributed by atoms with E-state index in [1.165, 1.54) is 6.42 Å². The average Bonchev–Trinajstić information content (AvgIpc) is 3.11. The number of amides is 3. The summed E-state index contributed by atoms with van der Waals surface area (Å²) in [5.74, 6) is 0.752. The van der Waals surface area contributed by atoms with Gasteiger partial charge in [-0.05, 0) is 58.0 Å². The molecule has 27 heavy (non-hydrogen) atoms. The van der Waals surface area contributed by atoms with Crippen molar-refractivity contribution in [1.82, 2.24) is 20.0 Å². The molecular weight excluding hydrogens is 344 g/mol. The Hall–Kier alpha value is -1.63. The molecule has 3 rings (SSSR count). The van der Waals surface area contributed by atoms with Crippen molar-refractivity contribution in [1.29, 1.82) is 0 Å². The minimum atomic E-state index is 0.0450. The van der Waals surface area contributed by atoms with Crippen molar-refractivity contribution in [2.75, 3.05) is 52.4 Å². The molecule has 152 valence electrons. The van der Waals surface area contributed by atoms with E-state index in [2.05, 4.69) is 10.2 Å². The van der Waals surface area contributed by atoms with Crippen molar-refractivity contribution < 1.29 is 14.4 Å². The van der Waals surface area contributed by atoms with Gasteiger partial charge in [-0.3, -0.25) is 19.3 Å². The quantitative estimate of drug-likeness (QED) is 0.667. The molecule has 3 fully saturated rings. The van der Waals surface area contributed by atoms with Gasteiger partial charge in [0.1, 0.15) is 0 Å². The average molecular weight is 379 g/mol. The Bertz CT molecular complexity index is 525. The van der Waals surface area contributed by atoms with Crippen molar-refractivity contribution in [2.45, 2.75) is 51.4 Å². The summed E-state index contributed by atoms with van der Waals surface area (Å²) in [5.41, 5.74) is 0. The van der Waals surface area contributed by atoms with Gasteiger partial charge in [0.15, 0.2) is 0 Å². The first kappa shape index (κ1) is 20.1. The maximum Gasteiger partial charge on any atom is 0.234 e. The van der Waals surface area contributed by atoms with Gasteiger partial charge in [-0.1, -0.05) is 0 Å². The van der Waals surface area contributed by atoms with Gasteiger partial charge in [0, 0.05) is 45.1 Å². The van der Waals surface area contributed by atoms with Crippen LogP contribution in [0.25, 0.3) is 0 Å². The van der Waals surface area contributed by atoms with E-state index in [-0.39, 0.29) is 17.7 Å². The van der Waals surface area contributed by atoms with Gasteiger partial charge in [0.2, 0.25) is 17.7 Å². The predicted molar refractivity (Wildman–Crippen MR) is 103 cm³/mol. The molecule has 0 aromatic rings. The van der Waals surface area contributed by atoms with Crippen LogP contribution in [-0.2, 0) is 14.4 Å². The highest BCUT2D eigenvalue weighted by molar-refractivity contribution is 5.80. The second-order valence-corrected chi connectivity index (χ2v) is 8.12. The maximum atomic E-state index is 12.6. The van der Waals surface area contributed by atoms with Crippen LogP contribution in [0.4, 0.5) is 0 Å². The number of hydrogen-bond donors (Lipinski definition) is 1. The Morgan fingerprint density at radius 3 is 2.37 bits per heavy atom. The van der Waals surface area contributed by atoms with Crippen LogP contribution in [0.1, 0.15) is 51.4 Å². The molecule has 0 unspecified atom stereocenters. The van der Waals surface area contributed by atoms with E-state index in [4.69, 9.17) is 0 Å². The standard InChI is InChI=1S/C20H34N4O3/c25-18(21-9-5-13-23-12-4-6-19(23)26)16-22-14-7-17(8-15-22)20(27)24-10-2-1-3-11-24/h17H,1-16H2,(H,21,25). The summed E-state index contributed by atoms with van der Waals surface area (Å²) >= 11 is 0. The van der Waals surface area contributed by atoms with Gasteiger partial charge in [-0.25, -0.2) is 0 Å². The van der Waals surface area contributed by atoms with E-state index in [1.807, 2.05) is 9.80 Å². The minimum Gasteiger partial charge on any atom is -0.355 e. The second kappa shape index (κ2) is 10.1. The molecular formula is C20H34N4O3. The van der Waals surface area contributed by atoms with Crippen LogP contribution in [0.3, 0.4) is 0 Å². The predicted octanol–water partition coefficient (Wildman–Crippen LogP) is 0.840. The van der Waals surface area contributed by atoms with Gasteiger partial charge in [-0.15, -0.1) is 0 Å².